The molecule has 56 heavy (non-hydrogen) atoms. The molecule has 1 heterocycles. The van der Waals surface area contributed by atoms with Gasteiger partial charge in [0.1, 0.15) is 18.4 Å². The predicted molar refractivity (Wildman–Crippen MR) is 204 cm³/mol. The molecular weight excluding hydrogens is 724 g/mol. The van der Waals surface area contributed by atoms with E-state index in [0.717, 1.165) is 23.4 Å². The van der Waals surface area contributed by atoms with Gasteiger partial charge >= 0.3 is 5.97 Å². The van der Waals surface area contributed by atoms with E-state index in [4.69, 9.17) is 40.0 Å². The largest absolute Gasteiger partial charge is 0.483 e. The van der Waals surface area contributed by atoms with E-state index in [1.165, 1.54) is 10.3 Å². The summed E-state index contributed by atoms with van der Waals surface area (Å²) in [5.74, 6) is 4.82. The molecule has 302 valence electrons. The number of nitrogens with two attached hydrogens (primary N) is 4. The molecule has 1 aliphatic heterocycles. The van der Waals surface area contributed by atoms with Crippen LogP contribution in [-0.4, -0.2) is 114 Å². The van der Waals surface area contributed by atoms with Crippen molar-refractivity contribution < 1.29 is 58.3 Å². The van der Waals surface area contributed by atoms with Gasteiger partial charge in [0.05, 0.1) is 77.1 Å². The molecule has 0 aromatic heterocycles. The molecule has 1 aliphatic rings. The van der Waals surface area contributed by atoms with Crippen molar-refractivity contribution in [1.82, 2.24) is 10.2 Å². The molecule has 3 aromatic rings. The number of esters is 1. The maximum Gasteiger partial charge on any atom is 0.329 e. The summed E-state index contributed by atoms with van der Waals surface area (Å²) in [6.07, 6.45) is 2.14. The van der Waals surface area contributed by atoms with Crippen molar-refractivity contribution in [2.24, 2.45) is 11.6 Å². The van der Waals surface area contributed by atoms with Crippen LogP contribution in [0, 0.1) is 0 Å². The highest BCUT2D eigenvalue weighted by Gasteiger charge is 2.34. The van der Waals surface area contributed by atoms with E-state index < -0.39 is 12.0 Å². The number of nitrogens with one attached hydrogen (secondary N) is 1. The topological polar surface area (TPSA) is 224 Å². The van der Waals surface area contributed by atoms with E-state index in [0.29, 0.717) is 56.5 Å². The van der Waals surface area contributed by atoms with Gasteiger partial charge in [-0.15, -0.1) is 0 Å². The number of carbonyl (C=O) groups is 4. The zero-order valence-corrected chi connectivity index (χ0v) is 31.6. The maximum absolute atomic E-state index is 13.2. The van der Waals surface area contributed by atoms with Gasteiger partial charge in [-0.25, -0.2) is 10.2 Å². The number of fused-ring (bicyclic) bond motifs is 1. The second kappa shape index (κ2) is 25.2. The van der Waals surface area contributed by atoms with Crippen LogP contribution in [0.15, 0.2) is 90.8 Å². The summed E-state index contributed by atoms with van der Waals surface area (Å²) >= 11 is 0. The molecule has 0 bridgehead atoms. The van der Waals surface area contributed by atoms with Crippen LogP contribution in [0.2, 0.25) is 0 Å². The number of amides is 3. The number of imide groups is 1. The average molecular weight is 779 g/mol. The van der Waals surface area contributed by atoms with Crippen molar-refractivity contribution in [3.05, 3.63) is 113 Å². The minimum atomic E-state index is -0.914. The van der Waals surface area contributed by atoms with Crippen molar-refractivity contribution in [1.29, 1.82) is 0 Å². The Kier molecular flexibility index (Phi) is 19.6. The molecule has 3 amide bonds. The zero-order chi connectivity index (χ0) is 39.8. The molecule has 16 nitrogen and oxygen atoms in total. The van der Waals surface area contributed by atoms with E-state index in [1.807, 2.05) is 54.0 Å². The molecule has 0 saturated heterocycles. The Balaban J connectivity index is 1.08. The molecule has 0 spiro atoms. The average Bonchev–Trinajstić information content (AvgIpc) is 3.46. The molecule has 4 rings (SSSR count). The number of quaternary nitrogens is 2. The van der Waals surface area contributed by atoms with Gasteiger partial charge in [0.15, 0.2) is 12.8 Å². The Morgan fingerprint density at radius 3 is 1.95 bits per heavy atom. The Morgan fingerprint density at radius 1 is 0.750 bits per heavy atom. The zero-order valence-electron chi connectivity index (χ0n) is 31.6. The standard InChI is InChI=1S/C40H52N6O10/c41-15-16-43-27-32(45-42)29-55-33-12-10-30(11-13-33)26-36(40(50)56-28-31-6-2-1-3-7-31)44-37(47)14-18-51-20-22-53-24-25-54-23-21-52-19-17-46-38(48)34-8-4-5-9-35(34)39(46)49/h1-13,27,36,43,45H,14-26,28-29,41-42H2,(H,44,47)/p+2/b32-27-/t36-/m0/s1. The summed E-state index contributed by atoms with van der Waals surface area (Å²) < 4.78 is 33.5. The molecule has 0 aliphatic carbocycles. The van der Waals surface area contributed by atoms with Crippen molar-refractivity contribution in [2.75, 3.05) is 79.1 Å². The van der Waals surface area contributed by atoms with Gasteiger partial charge in [-0.3, -0.25) is 19.3 Å². The maximum atomic E-state index is 13.2. The summed E-state index contributed by atoms with van der Waals surface area (Å²) in [5.41, 5.74) is 10.3. The number of rotatable bonds is 28. The molecule has 0 unspecified atom stereocenters. The van der Waals surface area contributed by atoms with Gasteiger partial charge in [0.25, 0.3) is 11.8 Å². The van der Waals surface area contributed by atoms with Gasteiger partial charge in [-0.1, -0.05) is 54.6 Å². The number of ether oxygens (including phenoxy) is 6. The van der Waals surface area contributed by atoms with E-state index in [2.05, 4.69) is 5.32 Å². The van der Waals surface area contributed by atoms with Crippen LogP contribution in [0.1, 0.15) is 38.3 Å². The second-order valence-corrected chi connectivity index (χ2v) is 12.6. The lowest BCUT2D eigenvalue weighted by atomic mass is 10.1. The van der Waals surface area contributed by atoms with Crippen LogP contribution in [0.4, 0.5) is 0 Å². The normalized spacial score (nSPS) is 13.1. The Labute approximate surface area is 326 Å². The Hall–Kier alpha value is -5.04. The predicted octanol–water partition coefficient (Wildman–Crippen LogP) is -0.611. The lowest BCUT2D eigenvalue weighted by molar-refractivity contribution is -0.645. The van der Waals surface area contributed by atoms with E-state index in [9.17, 15) is 19.2 Å². The fourth-order valence-electron chi connectivity index (χ4n) is 5.42. The van der Waals surface area contributed by atoms with Crippen molar-refractivity contribution in [2.45, 2.75) is 25.5 Å². The molecule has 3 aromatic carbocycles. The number of nitrogens with zero attached hydrogens (tertiary/aromatic N) is 1. The summed E-state index contributed by atoms with van der Waals surface area (Å²) in [6.45, 7) is 4.12. The van der Waals surface area contributed by atoms with Gasteiger partial charge in [-0.05, 0) is 35.4 Å². The van der Waals surface area contributed by atoms with Gasteiger partial charge in [0.2, 0.25) is 11.6 Å². The van der Waals surface area contributed by atoms with Gasteiger partial charge < -0.3 is 44.8 Å². The van der Waals surface area contributed by atoms with E-state index in [-0.39, 0.29) is 70.1 Å². The Bertz CT molecular complexity index is 1660. The summed E-state index contributed by atoms with van der Waals surface area (Å²) in [4.78, 5) is 52.0. The van der Waals surface area contributed by atoms with Crippen LogP contribution in [0.3, 0.4) is 0 Å². The van der Waals surface area contributed by atoms with Crippen molar-refractivity contribution >= 4 is 23.7 Å². The first-order valence-corrected chi connectivity index (χ1v) is 18.6. The third-order valence-corrected chi connectivity index (χ3v) is 8.42. The van der Waals surface area contributed by atoms with Crippen LogP contribution < -0.4 is 32.4 Å². The molecule has 0 radical (unpaired) electrons. The Morgan fingerprint density at radius 2 is 1.34 bits per heavy atom. The lowest BCUT2D eigenvalue weighted by Crippen LogP contribution is -2.92. The molecule has 1 atom stereocenters. The lowest BCUT2D eigenvalue weighted by Gasteiger charge is -2.18. The van der Waals surface area contributed by atoms with Gasteiger partial charge in [-0.2, -0.15) is 5.84 Å². The van der Waals surface area contributed by atoms with Crippen LogP contribution in [0.25, 0.3) is 0 Å². The molecule has 0 saturated carbocycles. The van der Waals surface area contributed by atoms with Crippen LogP contribution >= 0.6 is 0 Å². The molecular formula is C40H54N6O10+2. The highest BCUT2D eigenvalue weighted by atomic mass is 16.6. The van der Waals surface area contributed by atoms with Crippen LogP contribution in [-0.2, 0) is 46.3 Å². The fourth-order valence-corrected chi connectivity index (χ4v) is 5.42. The minimum Gasteiger partial charge on any atom is -0.483 e. The highest BCUT2D eigenvalue weighted by Crippen LogP contribution is 2.22. The SMILES string of the molecule is NCC[NH2+]/C=C(/COc1ccc(C[C@H](NC(=O)CCOCCOCCOCCOCCN2C(=O)c3ccccc3C2=O)C(=O)OCc2ccccc2)cc1)[NH2+]N. The smallest absolute Gasteiger partial charge is 0.329 e. The monoisotopic (exact) mass is 778 g/mol. The minimum absolute atomic E-state index is 0.0437. The fraction of sp³-hybridized carbons (Fsp3) is 0.400. The van der Waals surface area contributed by atoms with Gasteiger partial charge in [0, 0.05) is 19.4 Å². The molecule has 9 N–H and O–H groups in total. The van der Waals surface area contributed by atoms with E-state index in [1.54, 1.807) is 36.4 Å². The summed E-state index contributed by atoms with van der Waals surface area (Å²) in [7, 11) is 0. The third-order valence-electron chi connectivity index (χ3n) is 8.42. The molecule has 0 fully saturated rings. The molecule has 16 heteroatoms. The highest BCUT2D eigenvalue weighted by molar-refractivity contribution is 6.21. The van der Waals surface area contributed by atoms with Crippen molar-refractivity contribution in [3.63, 3.8) is 0 Å². The van der Waals surface area contributed by atoms with E-state index >= 15 is 0 Å². The third kappa shape index (κ3) is 15.2. The number of benzene rings is 3. The number of hydrogen-bond donors (Lipinski definition) is 5. The summed E-state index contributed by atoms with van der Waals surface area (Å²) in [5, 5.41) is 4.74. The van der Waals surface area contributed by atoms with Crippen molar-refractivity contribution in [3.8, 4) is 5.75 Å². The van der Waals surface area contributed by atoms with Crippen LogP contribution in [0.5, 0.6) is 5.75 Å². The quantitative estimate of drug-likeness (QED) is 0.0205. The first kappa shape index (κ1) is 43.7. The number of hydrogen-bond acceptors (Lipinski definition) is 12. The summed E-state index contributed by atoms with van der Waals surface area (Å²) in [6, 6.07) is 22.4. The second-order valence-electron chi connectivity index (χ2n) is 12.6. The first-order valence-electron chi connectivity index (χ1n) is 18.6. The first-order chi connectivity index (χ1) is 27.4. The number of carbonyl (C=O) groups excluding carboxylic acids is 4.